The molecule has 1 aromatic carbocycles. The highest BCUT2D eigenvalue weighted by molar-refractivity contribution is 7.64. The first-order valence-electron chi connectivity index (χ1n) is 9.89. The lowest BCUT2D eigenvalue weighted by Crippen LogP contribution is -2.43. The smallest absolute Gasteiger partial charge is 0.323 e. The molecule has 1 aromatic rings. The molecule has 0 bridgehead atoms. The van der Waals surface area contributed by atoms with Gasteiger partial charge in [-0.1, -0.05) is 19.8 Å². The molecule has 2 rings (SSSR count). The Morgan fingerprint density at radius 2 is 1.96 bits per heavy atom. The standard InChI is InChI=1S/C20H32NO5P/c1-4-6-10-19(20(22)25-5-2)21-15-8-7-9-16-26-27(21,23)18-13-11-17(24-3)12-14-18/h11-14,19H,4-10,15-16H2,1-3H3. The van der Waals surface area contributed by atoms with Gasteiger partial charge in [0.25, 0.3) is 0 Å². The lowest BCUT2D eigenvalue weighted by Gasteiger charge is -2.37. The maximum Gasteiger partial charge on any atom is 0.323 e. The Labute approximate surface area is 162 Å². The van der Waals surface area contributed by atoms with Crippen LogP contribution < -0.4 is 10.0 Å². The second-order valence-electron chi connectivity index (χ2n) is 6.69. The zero-order valence-corrected chi connectivity index (χ0v) is 17.6. The normalized spacial score (nSPS) is 22.5. The van der Waals surface area contributed by atoms with Crippen molar-refractivity contribution in [3.05, 3.63) is 24.3 Å². The van der Waals surface area contributed by atoms with Crippen LogP contribution in [0.1, 0.15) is 52.4 Å². The SMILES string of the molecule is CCCCC(C(=O)OCC)N1CCCCCOP1(=O)c1ccc(OC)cc1. The minimum absolute atomic E-state index is 0.309. The summed E-state index contributed by atoms with van der Waals surface area (Å²) < 4.78 is 32.4. The van der Waals surface area contributed by atoms with Crippen molar-refractivity contribution < 1.29 is 23.4 Å². The Kier molecular flexibility index (Phi) is 8.81. The van der Waals surface area contributed by atoms with Crippen LogP contribution in [0.3, 0.4) is 0 Å². The summed E-state index contributed by atoms with van der Waals surface area (Å²) in [6.07, 6.45) is 5.17. The van der Waals surface area contributed by atoms with E-state index in [4.69, 9.17) is 14.0 Å². The first kappa shape index (κ1) is 21.9. The zero-order chi connectivity index (χ0) is 19.7. The number of benzene rings is 1. The molecular formula is C20H32NO5P. The van der Waals surface area contributed by atoms with Gasteiger partial charge in [0.1, 0.15) is 11.8 Å². The lowest BCUT2D eigenvalue weighted by molar-refractivity contribution is -0.148. The molecule has 0 amide bonds. The predicted octanol–water partition coefficient (Wildman–Crippen LogP) is 4.14. The summed E-state index contributed by atoms with van der Waals surface area (Å²) in [6, 6.07) is 6.55. The van der Waals surface area contributed by atoms with E-state index in [2.05, 4.69) is 6.92 Å². The number of carbonyl (C=O) groups is 1. The third-order valence-electron chi connectivity index (χ3n) is 4.78. The molecule has 1 aliphatic rings. The quantitative estimate of drug-likeness (QED) is 0.485. The second-order valence-corrected chi connectivity index (χ2v) is 9.01. The van der Waals surface area contributed by atoms with Gasteiger partial charge in [-0.25, -0.2) is 4.67 Å². The zero-order valence-electron chi connectivity index (χ0n) is 16.7. The number of esters is 1. The third-order valence-corrected chi connectivity index (χ3v) is 7.42. The van der Waals surface area contributed by atoms with Gasteiger partial charge < -0.3 is 14.0 Å². The van der Waals surface area contributed by atoms with Gasteiger partial charge in [0.15, 0.2) is 0 Å². The summed E-state index contributed by atoms with van der Waals surface area (Å²) in [6.45, 7) is 5.15. The van der Waals surface area contributed by atoms with Crippen molar-refractivity contribution in [1.82, 2.24) is 4.67 Å². The molecule has 2 atom stereocenters. The molecule has 0 radical (unpaired) electrons. The number of ether oxygens (including phenoxy) is 2. The molecule has 1 saturated heterocycles. The maximum absolute atomic E-state index is 14.1. The average molecular weight is 397 g/mol. The lowest BCUT2D eigenvalue weighted by atomic mass is 10.1. The van der Waals surface area contributed by atoms with E-state index in [-0.39, 0.29) is 5.97 Å². The predicted molar refractivity (Wildman–Crippen MR) is 107 cm³/mol. The van der Waals surface area contributed by atoms with Gasteiger partial charge in [-0.3, -0.25) is 9.36 Å². The molecule has 7 heteroatoms. The van der Waals surface area contributed by atoms with Crippen molar-refractivity contribution in [2.45, 2.75) is 58.4 Å². The van der Waals surface area contributed by atoms with Crippen LogP contribution in [-0.4, -0.2) is 43.5 Å². The summed E-state index contributed by atoms with van der Waals surface area (Å²) in [5.41, 5.74) is 0. The molecule has 1 heterocycles. The Morgan fingerprint density at radius 3 is 2.59 bits per heavy atom. The molecular weight excluding hydrogens is 365 g/mol. The van der Waals surface area contributed by atoms with Crippen LogP contribution >= 0.6 is 7.52 Å². The molecule has 27 heavy (non-hydrogen) atoms. The number of hydrogen-bond acceptors (Lipinski definition) is 5. The van der Waals surface area contributed by atoms with E-state index in [0.717, 1.165) is 32.1 Å². The summed E-state index contributed by atoms with van der Waals surface area (Å²) in [5.74, 6) is 0.376. The fraction of sp³-hybridized carbons (Fsp3) is 0.650. The van der Waals surface area contributed by atoms with Crippen LogP contribution in [-0.2, 0) is 18.6 Å². The van der Waals surface area contributed by atoms with Crippen LogP contribution in [0.15, 0.2) is 24.3 Å². The highest BCUT2D eigenvalue weighted by Gasteiger charge is 2.42. The van der Waals surface area contributed by atoms with Crippen LogP contribution in [0.4, 0.5) is 0 Å². The third kappa shape index (κ3) is 5.56. The highest BCUT2D eigenvalue weighted by Crippen LogP contribution is 2.53. The Morgan fingerprint density at radius 1 is 1.22 bits per heavy atom. The minimum Gasteiger partial charge on any atom is -0.497 e. The number of nitrogens with zero attached hydrogens (tertiary/aromatic N) is 1. The minimum atomic E-state index is -3.37. The highest BCUT2D eigenvalue weighted by atomic mass is 31.2. The van der Waals surface area contributed by atoms with Gasteiger partial charge in [0.05, 0.1) is 25.6 Å². The topological polar surface area (TPSA) is 65.1 Å². The monoisotopic (exact) mass is 397 g/mol. The van der Waals surface area contributed by atoms with Gasteiger partial charge in [-0.2, -0.15) is 0 Å². The number of carbonyl (C=O) groups excluding carboxylic acids is 1. The molecule has 0 aliphatic carbocycles. The van der Waals surface area contributed by atoms with Crippen LogP contribution in [0.25, 0.3) is 0 Å². The van der Waals surface area contributed by atoms with E-state index >= 15 is 0 Å². The molecule has 1 fully saturated rings. The fourth-order valence-electron chi connectivity index (χ4n) is 3.30. The van der Waals surface area contributed by atoms with E-state index in [0.29, 0.717) is 37.2 Å². The first-order valence-corrected chi connectivity index (χ1v) is 11.5. The summed E-state index contributed by atoms with van der Waals surface area (Å²) >= 11 is 0. The Bertz CT molecular complexity index is 634. The first-order chi connectivity index (χ1) is 13.1. The van der Waals surface area contributed by atoms with E-state index in [1.165, 1.54) is 0 Å². The van der Waals surface area contributed by atoms with Gasteiger partial charge in [0, 0.05) is 6.54 Å². The van der Waals surface area contributed by atoms with E-state index in [9.17, 15) is 9.36 Å². The average Bonchev–Trinajstić information content (AvgIpc) is 2.67. The van der Waals surface area contributed by atoms with Gasteiger partial charge >= 0.3 is 13.5 Å². The number of methoxy groups -OCH3 is 1. The Balaban J connectivity index is 2.42. The van der Waals surface area contributed by atoms with Crippen molar-refractivity contribution in [3.8, 4) is 5.75 Å². The molecule has 0 saturated carbocycles. The summed E-state index contributed by atoms with van der Waals surface area (Å²) in [7, 11) is -1.78. The van der Waals surface area contributed by atoms with Crippen molar-refractivity contribution >= 4 is 18.8 Å². The Hall–Kier alpha value is -1.36. The largest absolute Gasteiger partial charge is 0.497 e. The fourth-order valence-corrected chi connectivity index (χ4v) is 5.78. The molecule has 1 aliphatic heterocycles. The van der Waals surface area contributed by atoms with Crippen molar-refractivity contribution in [2.75, 3.05) is 26.9 Å². The summed E-state index contributed by atoms with van der Waals surface area (Å²) in [4.78, 5) is 12.7. The number of rotatable bonds is 8. The van der Waals surface area contributed by atoms with E-state index < -0.39 is 13.6 Å². The number of hydrogen-bond donors (Lipinski definition) is 0. The molecule has 0 spiro atoms. The summed E-state index contributed by atoms with van der Waals surface area (Å²) in [5, 5.41) is 0.594. The molecule has 0 N–H and O–H groups in total. The van der Waals surface area contributed by atoms with Crippen LogP contribution in [0.5, 0.6) is 5.75 Å². The van der Waals surface area contributed by atoms with Gasteiger partial charge in [-0.05, 0) is 56.9 Å². The second kappa shape index (κ2) is 10.8. The van der Waals surface area contributed by atoms with Crippen LogP contribution in [0.2, 0.25) is 0 Å². The number of unbranched alkanes of at least 4 members (excludes halogenated alkanes) is 1. The van der Waals surface area contributed by atoms with Crippen molar-refractivity contribution in [2.24, 2.45) is 0 Å². The van der Waals surface area contributed by atoms with Crippen molar-refractivity contribution in [3.63, 3.8) is 0 Å². The molecule has 0 aromatic heterocycles. The molecule has 6 nitrogen and oxygen atoms in total. The molecule has 2 unspecified atom stereocenters. The van der Waals surface area contributed by atoms with Gasteiger partial charge in [0.2, 0.25) is 0 Å². The molecule has 152 valence electrons. The van der Waals surface area contributed by atoms with E-state index in [1.54, 1.807) is 43.0 Å². The van der Waals surface area contributed by atoms with Crippen LogP contribution in [0, 0.1) is 0 Å². The van der Waals surface area contributed by atoms with Crippen molar-refractivity contribution in [1.29, 1.82) is 0 Å². The van der Waals surface area contributed by atoms with E-state index in [1.807, 2.05) is 0 Å². The van der Waals surface area contributed by atoms with Gasteiger partial charge in [-0.15, -0.1) is 0 Å². The maximum atomic E-state index is 14.1.